The average molecular weight is 368 g/mol. The molecule has 1 aromatic heterocycles. The van der Waals surface area contributed by atoms with Crippen molar-refractivity contribution in [2.75, 3.05) is 20.8 Å². The van der Waals surface area contributed by atoms with Crippen LogP contribution in [0, 0.1) is 12.7 Å². The van der Waals surface area contributed by atoms with Crippen molar-refractivity contribution in [3.8, 4) is 11.5 Å². The molecule has 6 heteroatoms. The summed E-state index contributed by atoms with van der Waals surface area (Å²) in [6, 6.07) is 11.6. The Kier molecular flexibility index (Phi) is 5.54. The molecule has 0 radical (unpaired) electrons. The van der Waals surface area contributed by atoms with Crippen LogP contribution in [-0.4, -0.2) is 31.7 Å². The van der Waals surface area contributed by atoms with Gasteiger partial charge in [0.05, 0.1) is 25.3 Å². The largest absolute Gasteiger partial charge is 0.493 e. The Balaban J connectivity index is 1.72. The fraction of sp³-hybridized carbons (Fsp3) is 0.238. The lowest BCUT2D eigenvalue weighted by Gasteiger charge is -2.11. The molecule has 0 saturated carbocycles. The number of carbonyl (C=O) groups is 1. The quantitative estimate of drug-likeness (QED) is 0.721. The third-order valence-corrected chi connectivity index (χ3v) is 4.29. The van der Waals surface area contributed by atoms with Gasteiger partial charge in [-0.3, -0.25) is 9.78 Å². The highest BCUT2D eigenvalue weighted by atomic mass is 19.1. The van der Waals surface area contributed by atoms with E-state index in [0.717, 1.165) is 5.56 Å². The van der Waals surface area contributed by atoms with Crippen molar-refractivity contribution < 1.29 is 18.7 Å². The number of carbonyl (C=O) groups excluding carboxylic acids is 1. The summed E-state index contributed by atoms with van der Waals surface area (Å²) in [5, 5.41) is 3.55. The summed E-state index contributed by atoms with van der Waals surface area (Å²) < 4.78 is 24.0. The van der Waals surface area contributed by atoms with E-state index in [0.29, 0.717) is 46.6 Å². The molecule has 0 bridgehead atoms. The standard InChI is InChI=1S/C21H21FN2O3/c1-13-10-17(16-6-5-15(22)12-18(16)24-13)21(25)23-9-8-14-4-7-19(26-2)20(11-14)27-3/h4-7,10-12H,8-9H2,1-3H3,(H,23,25). The molecule has 27 heavy (non-hydrogen) atoms. The van der Waals surface area contributed by atoms with E-state index in [2.05, 4.69) is 10.3 Å². The molecule has 0 saturated heterocycles. The predicted octanol–water partition coefficient (Wildman–Crippen LogP) is 3.67. The third-order valence-electron chi connectivity index (χ3n) is 4.29. The Hall–Kier alpha value is -3.15. The first-order chi connectivity index (χ1) is 13.0. The van der Waals surface area contributed by atoms with E-state index in [-0.39, 0.29) is 11.7 Å². The molecule has 5 nitrogen and oxygen atoms in total. The van der Waals surface area contributed by atoms with Crippen LogP contribution < -0.4 is 14.8 Å². The first-order valence-electron chi connectivity index (χ1n) is 8.58. The van der Waals surface area contributed by atoms with Crippen LogP contribution in [0.2, 0.25) is 0 Å². The summed E-state index contributed by atoms with van der Waals surface area (Å²) in [5.41, 5.74) is 2.65. The van der Waals surface area contributed by atoms with Crippen LogP contribution in [0.4, 0.5) is 4.39 Å². The topological polar surface area (TPSA) is 60.5 Å². The summed E-state index contributed by atoms with van der Waals surface area (Å²) >= 11 is 0. The van der Waals surface area contributed by atoms with E-state index in [1.54, 1.807) is 33.3 Å². The lowest BCUT2D eigenvalue weighted by Crippen LogP contribution is -2.26. The van der Waals surface area contributed by atoms with Crippen LogP contribution in [0.5, 0.6) is 11.5 Å². The number of amides is 1. The van der Waals surface area contributed by atoms with Crippen LogP contribution >= 0.6 is 0 Å². The maximum absolute atomic E-state index is 13.4. The summed E-state index contributed by atoms with van der Waals surface area (Å²) in [7, 11) is 3.17. The second-order valence-electron chi connectivity index (χ2n) is 6.17. The zero-order valence-electron chi connectivity index (χ0n) is 15.5. The number of benzene rings is 2. The second-order valence-corrected chi connectivity index (χ2v) is 6.17. The Morgan fingerprint density at radius 1 is 1.07 bits per heavy atom. The minimum atomic E-state index is -0.375. The second kappa shape index (κ2) is 8.03. The monoisotopic (exact) mass is 368 g/mol. The van der Waals surface area contributed by atoms with Crippen molar-refractivity contribution in [1.29, 1.82) is 0 Å². The van der Waals surface area contributed by atoms with Crippen molar-refractivity contribution >= 4 is 16.8 Å². The van der Waals surface area contributed by atoms with Crippen LogP contribution in [-0.2, 0) is 6.42 Å². The molecule has 0 spiro atoms. The van der Waals surface area contributed by atoms with Gasteiger partial charge in [-0.25, -0.2) is 4.39 Å². The van der Waals surface area contributed by atoms with Gasteiger partial charge in [-0.2, -0.15) is 0 Å². The SMILES string of the molecule is COc1ccc(CCNC(=O)c2cc(C)nc3cc(F)ccc23)cc1OC. The fourth-order valence-corrected chi connectivity index (χ4v) is 2.97. The molecule has 0 aliphatic heterocycles. The summed E-state index contributed by atoms with van der Waals surface area (Å²) in [4.78, 5) is 16.9. The summed E-state index contributed by atoms with van der Waals surface area (Å²) in [5.74, 6) is 0.730. The Morgan fingerprint density at radius 2 is 1.85 bits per heavy atom. The van der Waals surface area contributed by atoms with Crippen molar-refractivity contribution in [2.45, 2.75) is 13.3 Å². The number of hydrogen-bond donors (Lipinski definition) is 1. The molecule has 0 atom stereocenters. The normalized spacial score (nSPS) is 10.7. The molecular formula is C21H21FN2O3. The number of fused-ring (bicyclic) bond motifs is 1. The number of hydrogen-bond acceptors (Lipinski definition) is 4. The lowest BCUT2D eigenvalue weighted by molar-refractivity contribution is 0.0955. The van der Waals surface area contributed by atoms with E-state index in [9.17, 15) is 9.18 Å². The number of aryl methyl sites for hydroxylation is 1. The number of pyridine rings is 1. The Labute approximate surface area is 157 Å². The van der Waals surface area contributed by atoms with Crippen LogP contribution in [0.3, 0.4) is 0 Å². The van der Waals surface area contributed by atoms with Gasteiger partial charge in [-0.1, -0.05) is 6.07 Å². The smallest absolute Gasteiger partial charge is 0.252 e. The maximum Gasteiger partial charge on any atom is 0.252 e. The molecule has 0 aliphatic carbocycles. The third kappa shape index (κ3) is 4.16. The van der Waals surface area contributed by atoms with E-state index in [1.807, 2.05) is 18.2 Å². The number of ether oxygens (including phenoxy) is 2. The molecule has 140 valence electrons. The Bertz CT molecular complexity index is 983. The highest BCUT2D eigenvalue weighted by Crippen LogP contribution is 2.27. The summed E-state index contributed by atoms with van der Waals surface area (Å²) in [6.45, 7) is 2.24. The van der Waals surface area contributed by atoms with Crippen molar-refractivity contribution in [3.63, 3.8) is 0 Å². The highest BCUT2D eigenvalue weighted by molar-refractivity contribution is 6.06. The molecule has 2 aromatic carbocycles. The van der Waals surface area contributed by atoms with Crippen LogP contribution in [0.25, 0.3) is 10.9 Å². The number of nitrogens with zero attached hydrogens (tertiary/aromatic N) is 1. The van der Waals surface area contributed by atoms with Gasteiger partial charge in [0.2, 0.25) is 0 Å². The Morgan fingerprint density at radius 3 is 2.59 bits per heavy atom. The lowest BCUT2D eigenvalue weighted by atomic mass is 10.1. The van der Waals surface area contributed by atoms with E-state index in [4.69, 9.17) is 9.47 Å². The average Bonchev–Trinajstić information content (AvgIpc) is 2.66. The number of nitrogens with one attached hydrogen (secondary N) is 1. The number of halogens is 1. The van der Waals surface area contributed by atoms with Crippen LogP contribution in [0.1, 0.15) is 21.6 Å². The van der Waals surface area contributed by atoms with Crippen molar-refractivity contribution in [3.05, 3.63) is 65.1 Å². The maximum atomic E-state index is 13.4. The predicted molar refractivity (Wildman–Crippen MR) is 102 cm³/mol. The summed E-state index contributed by atoms with van der Waals surface area (Å²) in [6.07, 6.45) is 0.642. The fourth-order valence-electron chi connectivity index (χ4n) is 2.97. The van der Waals surface area contributed by atoms with Gasteiger partial charge < -0.3 is 14.8 Å². The van der Waals surface area contributed by atoms with E-state index in [1.165, 1.54) is 12.1 Å². The molecule has 3 rings (SSSR count). The van der Waals surface area contributed by atoms with Gasteiger partial charge in [-0.05, 0) is 49.2 Å². The number of methoxy groups -OCH3 is 2. The van der Waals surface area contributed by atoms with Gasteiger partial charge >= 0.3 is 0 Å². The molecule has 1 amide bonds. The highest BCUT2D eigenvalue weighted by Gasteiger charge is 2.12. The number of aromatic nitrogens is 1. The van der Waals surface area contributed by atoms with E-state index < -0.39 is 0 Å². The minimum absolute atomic E-state index is 0.211. The van der Waals surface area contributed by atoms with Crippen molar-refractivity contribution in [2.24, 2.45) is 0 Å². The van der Waals surface area contributed by atoms with Gasteiger partial charge in [0.15, 0.2) is 11.5 Å². The van der Waals surface area contributed by atoms with Gasteiger partial charge in [0, 0.05) is 23.7 Å². The molecule has 0 unspecified atom stereocenters. The van der Waals surface area contributed by atoms with Crippen LogP contribution in [0.15, 0.2) is 42.5 Å². The molecule has 1 N–H and O–H groups in total. The molecule has 3 aromatic rings. The first kappa shape index (κ1) is 18.6. The van der Waals surface area contributed by atoms with Gasteiger partial charge in [-0.15, -0.1) is 0 Å². The zero-order chi connectivity index (χ0) is 19.4. The molecule has 0 aliphatic rings. The first-order valence-corrected chi connectivity index (χ1v) is 8.58. The van der Waals surface area contributed by atoms with Crippen molar-refractivity contribution in [1.82, 2.24) is 10.3 Å². The molecule has 1 heterocycles. The van der Waals surface area contributed by atoms with Gasteiger partial charge in [0.25, 0.3) is 5.91 Å². The van der Waals surface area contributed by atoms with E-state index >= 15 is 0 Å². The minimum Gasteiger partial charge on any atom is -0.493 e. The molecule has 0 fully saturated rings. The number of rotatable bonds is 6. The molecular weight excluding hydrogens is 347 g/mol. The zero-order valence-corrected chi connectivity index (χ0v) is 15.5. The van der Waals surface area contributed by atoms with Gasteiger partial charge in [0.1, 0.15) is 5.82 Å².